The smallest absolute Gasteiger partial charge is 0.264 e. The lowest BCUT2D eigenvalue weighted by Gasteiger charge is -2.33. The average molecular weight is 584 g/mol. The van der Waals surface area contributed by atoms with Crippen LogP contribution in [0.3, 0.4) is 0 Å². The molecule has 0 aliphatic carbocycles. The van der Waals surface area contributed by atoms with Crippen molar-refractivity contribution < 1.29 is 18.0 Å². The van der Waals surface area contributed by atoms with E-state index in [1.807, 2.05) is 65.0 Å². The topological polar surface area (TPSA) is 86.8 Å². The fourth-order valence-electron chi connectivity index (χ4n) is 4.28. The third kappa shape index (κ3) is 8.08. The molecule has 40 heavy (non-hydrogen) atoms. The first-order valence-electron chi connectivity index (χ1n) is 13.4. The Morgan fingerprint density at radius 2 is 1.57 bits per heavy atom. The highest BCUT2D eigenvalue weighted by molar-refractivity contribution is 7.92. The summed E-state index contributed by atoms with van der Waals surface area (Å²) >= 11 is 6.01. The number of rotatable bonds is 12. The molecule has 1 N–H and O–H groups in total. The van der Waals surface area contributed by atoms with E-state index in [1.54, 1.807) is 18.2 Å². The predicted octanol–water partition coefficient (Wildman–Crippen LogP) is 5.73. The monoisotopic (exact) mass is 583 g/mol. The molecule has 214 valence electrons. The number of benzene rings is 3. The van der Waals surface area contributed by atoms with Crippen molar-refractivity contribution in [2.45, 2.75) is 58.5 Å². The Balaban J connectivity index is 2.04. The van der Waals surface area contributed by atoms with Crippen molar-refractivity contribution in [3.05, 3.63) is 94.5 Å². The molecule has 0 spiro atoms. The quantitative estimate of drug-likeness (QED) is 0.295. The third-order valence-corrected chi connectivity index (χ3v) is 8.55. The number of sulfonamides is 1. The van der Waals surface area contributed by atoms with Gasteiger partial charge in [0.2, 0.25) is 11.8 Å². The zero-order chi connectivity index (χ0) is 29.4. The van der Waals surface area contributed by atoms with Crippen molar-refractivity contribution in [1.82, 2.24) is 10.2 Å². The average Bonchev–Trinajstić information content (AvgIpc) is 2.91. The van der Waals surface area contributed by atoms with Crippen LogP contribution >= 0.6 is 11.6 Å². The Kier molecular flexibility index (Phi) is 10.8. The molecule has 0 fully saturated rings. The molecule has 0 saturated carbocycles. The van der Waals surface area contributed by atoms with E-state index in [4.69, 9.17) is 11.6 Å². The van der Waals surface area contributed by atoms with Crippen LogP contribution in [0.1, 0.15) is 43.9 Å². The van der Waals surface area contributed by atoms with Crippen molar-refractivity contribution >= 4 is 39.1 Å². The van der Waals surface area contributed by atoms with Gasteiger partial charge in [-0.2, -0.15) is 0 Å². The van der Waals surface area contributed by atoms with Gasteiger partial charge in [-0.1, -0.05) is 74.3 Å². The van der Waals surface area contributed by atoms with Gasteiger partial charge in [0.15, 0.2) is 0 Å². The molecule has 1 atom stereocenters. The summed E-state index contributed by atoms with van der Waals surface area (Å²) < 4.78 is 28.9. The van der Waals surface area contributed by atoms with Crippen LogP contribution in [-0.2, 0) is 26.2 Å². The van der Waals surface area contributed by atoms with Crippen LogP contribution in [0.25, 0.3) is 0 Å². The van der Waals surface area contributed by atoms with Crippen molar-refractivity contribution in [2.75, 3.05) is 17.4 Å². The van der Waals surface area contributed by atoms with Crippen LogP contribution in [0.4, 0.5) is 5.69 Å². The second-order valence-corrected chi connectivity index (χ2v) is 12.7. The molecule has 0 radical (unpaired) electrons. The number of halogens is 1. The summed E-state index contributed by atoms with van der Waals surface area (Å²) in [6.07, 6.45) is 0.371. The summed E-state index contributed by atoms with van der Waals surface area (Å²) in [6.45, 7) is 9.83. The second kappa shape index (κ2) is 13.8. The lowest BCUT2D eigenvalue weighted by Crippen LogP contribution is -2.52. The molecule has 0 aromatic heterocycles. The number of nitrogens with zero attached hydrogens (tertiary/aromatic N) is 2. The van der Waals surface area contributed by atoms with E-state index in [-0.39, 0.29) is 23.3 Å². The maximum atomic E-state index is 14.1. The van der Waals surface area contributed by atoms with Gasteiger partial charge in [0, 0.05) is 18.1 Å². The first-order valence-corrected chi connectivity index (χ1v) is 15.2. The Hall–Kier alpha value is -3.36. The molecular weight excluding hydrogens is 546 g/mol. The maximum absolute atomic E-state index is 14.1. The molecule has 0 heterocycles. The molecule has 0 unspecified atom stereocenters. The van der Waals surface area contributed by atoms with E-state index in [0.717, 1.165) is 21.0 Å². The van der Waals surface area contributed by atoms with Gasteiger partial charge < -0.3 is 10.2 Å². The van der Waals surface area contributed by atoms with E-state index in [2.05, 4.69) is 5.32 Å². The van der Waals surface area contributed by atoms with Crippen LogP contribution in [0, 0.1) is 19.8 Å². The van der Waals surface area contributed by atoms with Crippen LogP contribution in [-0.4, -0.2) is 44.3 Å². The highest BCUT2D eigenvalue weighted by atomic mass is 35.5. The summed E-state index contributed by atoms with van der Waals surface area (Å²) in [6, 6.07) is 19.8. The highest BCUT2D eigenvalue weighted by Crippen LogP contribution is 2.26. The number of hydrogen-bond acceptors (Lipinski definition) is 4. The van der Waals surface area contributed by atoms with Crippen molar-refractivity contribution in [3.8, 4) is 0 Å². The van der Waals surface area contributed by atoms with E-state index >= 15 is 0 Å². The lowest BCUT2D eigenvalue weighted by atomic mass is 10.1. The molecular formula is C31H38ClN3O4S. The van der Waals surface area contributed by atoms with E-state index < -0.39 is 28.5 Å². The number of nitrogens with one attached hydrogen (secondary N) is 1. The van der Waals surface area contributed by atoms with Crippen LogP contribution < -0.4 is 9.62 Å². The lowest BCUT2D eigenvalue weighted by molar-refractivity contribution is -0.140. The zero-order valence-electron chi connectivity index (χ0n) is 23.7. The first kappa shape index (κ1) is 31.2. The molecule has 3 aromatic carbocycles. The number of carbonyl (C=O) groups is 2. The summed E-state index contributed by atoms with van der Waals surface area (Å²) in [5.74, 6) is -0.505. The number of carbonyl (C=O) groups excluding carboxylic acids is 2. The minimum Gasteiger partial charge on any atom is -0.354 e. The van der Waals surface area contributed by atoms with Gasteiger partial charge in [0.25, 0.3) is 10.0 Å². The summed E-state index contributed by atoms with van der Waals surface area (Å²) in [4.78, 5) is 28.8. The maximum Gasteiger partial charge on any atom is 0.264 e. The minimum atomic E-state index is -4.14. The van der Waals surface area contributed by atoms with E-state index in [0.29, 0.717) is 23.7 Å². The fourth-order valence-corrected chi connectivity index (χ4v) is 5.81. The molecule has 9 heteroatoms. The van der Waals surface area contributed by atoms with E-state index in [1.165, 1.54) is 29.2 Å². The van der Waals surface area contributed by atoms with Gasteiger partial charge in [-0.15, -0.1) is 0 Å². The molecule has 2 amide bonds. The van der Waals surface area contributed by atoms with E-state index in [9.17, 15) is 18.0 Å². The van der Waals surface area contributed by atoms with Crippen LogP contribution in [0.2, 0.25) is 5.02 Å². The molecule has 0 saturated heterocycles. The largest absolute Gasteiger partial charge is 0.354 e. The van der Waals surface area contributed by atoms with Gasteiger partial charge in [-0.3, -0.25) is 13.9 Å². The fraction of sp³-hybridized carbons (Fsp3) is 0.355. The van der Waals surface area contributed by atoms with Gasteiger partial charge >= 0.3 is 0 Å². The molecule has 3 aromatic rings. The Labute approximate surface area is 243 Å². The van der Waals surface area contributed by atoms with Crippen molar-refractivity contribution in [1.29, 1.82) is 0 Å². The molecule has 0 aliphatic heterocycles. The Bertz CT molecular complexity index is 1410. The van der Waals surface area contributed by atoms with Crippen molar-refractivity contribution in [3.63, 3.8) is 0 Å². The first-order chi connectivity index (χ1) is 18.9. The predicted molar refractivity (Wildman–Crippen MR) is 161 cm³/mol. The number of hydrogen-bond donors (Lipinski definition) is 1. The Morgan fingerprint density at radius 3 is 2.15 bits per heavy atom. The molecule has 0 aliphatic rings. The van der Waals surface area contributed by atoms with Gasteiger partial charge in [0.1, 0.15) is 12.6 Å². The summed E-state index contributed by atoms with van der Waals surface area (Å²) in [5, 5.41) is 3.34. The number of anilines is 1. The third-order valence-electron chi connectivity index (χ3n) is 6.51. The van der Waals surface area contributed by atoms with Gasteiger partial charge in [0.05, 0.1) is 10.6 Å². The van der Waals surface area contributed by atoms with Gasteiger partial charge in [-0.05, 0) is 73.7 Å². The minimum absolute atomic E-state index is 0.0120. The number of amides is 2. The SMILES string of the molecule is CC[C@@H](C(=O)NCC(C)C)N(Cc1ccc(C)cc1)C(=O)CN(c1cccc(C)c1)S(=O)(=O)c1ccc(Cl)cc1. The summed E-state index contributed by atoms with van der Waals surface area (Å²) in [5.41, 5.74) is 3.12. The highest BCUT2D eigenvalue weighted by Gasteiger charge is 2.33. The zero-order valence-corrected chi connectivity index (χ0v) is 25.3. The second-order valence-electron chi connectivity index (χ2n) is 10.4. The normalized spacial score (nSPS) is 12.2. The Morgan fingerprint density at radius 1 is 0.925 bits per heavy atom. The molecule has 3 rings (SSSR count). The standard InChI is InChI=1S/C31H38ClN3O4S/c1-6-29(31(37)33-19-22(2)3)34(20-25-12-10-23(4)11-13-25)30(36)21-35(27-9-7-8-24(5)18-27)40(38,39)28-16-14-26(32)15-17-28/h7-18,22,29H,6,19-21H2,1-5H3,(H,33,37)/t29-/m0/s1. The summed E-state index contributed by atoms with van der Waals surface area (Å²) in [7, 11) is -4.14. The molecule has 0 bridgehead atoms. The van der Waals surface area contributed by atoms with Crippen molar-refractivity contribution in [2.24, 2.45) is 5.92 Å². The number of aryl methyl sites for hydroxylation is 2. The van der Waals surface area contributed by atoms with Crippen LogP contribution in [0.15, 0.2) is 77.7 Å². The molecule has 7 nitrogen and oxygen atoms in total. The van der Waals surface area contributed by atoms with Gasteiger partial charge in [-0.25, -0.2) is 8.42 Å². The van der Waals surface area contributed by atoms with Crippen LogP contribution in [0.5, 0.6) is 0 Å².